The Labute approximate surface area is 216 Å². The number of likely N-dealkylation sites (tertiary alicyclic amines) is 1. The molecular formula is C25H40F2N4O6. The maximum atomic E-state index is 13.7. The number of nitrogens with zero attached hydrogens (tertiary/aromatic N) is 1. The summed E-state index contributed by atoms with van der Waals surface area (Å²) in [6, 6.07) is -3.66. The number of alkyl halides is 2. The number of carbonyl (C=O) groups excluding carboxylic acids is 4. The van der Waals surface area contributed by atoms with Crippen LogP contribution in [0.15, 0.2) is 0 Å². The van der Waals surface area contributed by atoms with E-state index < -0.39 is 71.9 Å². The van der Waals surface area contributed by atoms with Crippen molar-refractivity contribution >= 4 is 29.6 Å². The van der Waals surface area contributed by atoms with Gasteiger partial charge in [0.1, 0.15) is 12.1 Å². The number of amides is 4. The van der Waals surface area contributed by atoms with Crippen LogP contribution in [0.4, 0.5) is 13.6 Å². The molecular weight excluding hydrogens is 490 g/mol. The quantitative estimate of drug-likeness (QED) is 0.337. The van der Waals surface area contributed by atoms with Gasteiger partial charge in [0.15, 0.2) is 0 Å². The van der Waals surface area contributed by atoms with Crippen LogP contribution in [0.25, 0.3) is 0 Å². The first-order valence-electron chi connectivity index (χ1n) is 12.7. The minimum atomic E-state index is -3.12. The molecule has 0 radical (unpaired) electrons. The van der Waals surface area contributed by atoms with E-state index in [9.17, 15) is 37.9 Å². The van der Waals surface area contributed by atoms with Crippen molar-refractivity contribution in [3.8, 4) is 0 Å². The zero-order valence-corrected chi connectivity index (χ0v) is 22.3. The smallest absolute Gasteiger partial charge is 0.405 e. The lowest BCUT2D eigenvalue weighted by Gasteiger charge is -2.36. The molecule has 2 rings (SSSR count). The Bertz CT molecular complexity index is 893. The highest BCUT2D eigenvalue weighted by molar-refractivity contribution is 6.38. The number of halogens is 2. The van der Waals surface area contributed by atoms with Crippen LogP contribution in [0.1, 0.15) is 79.1 Å². The number of carbonyl (C=O) groups is 5. The summed E-state index contributed by atoms with van der Waals surface area (Å²) in [5.41, 5.74) is -1.14. The fourth-order valence-corrected chi connectivity index (χ4v) is 5.34. The van der Waals surface area contributed by atoms with Crippen LogP contribution in [0.2, 0.25) is 0 Å². The Hall–Kier alpha value is -2.79. The molecule has 1 aliphatic carbocycles. The third-order valence-electron chi connectivity index (χ3n) is 7.34. The van der Waals surface area contributed by atoms with Gasteiger partial charge >= 0.3 is 6.09 Å². The zero-order chi connectivity index (χ0) is 28.2. The molecule has 10 nitrogen and oxygen atoms in total. The van der Waals surface area contributed by atoms with Crippen LogP contribution in [-0.2, 0) is 19.2 Å². The highest BCUT2D eigenvalue weighted by atomic mass is 19.3. The Morgan fingerprint density at radius 2 is 1.62 bits per heavy atom. The van der Waals surface area contributed by atoms with Gasteiger partial charge in [-0.25, -0.2) is 13.6 Å². The van der Waals surface area contributed by atoms with Crippen molar-refractivity contribution < 1.29 is 37.9 Å². The first-order valence-corrected chi connectivity index (χ1v) is 12.7. The van der Waals surface area contributed by atoms with Gasteiger partial charge < -0.3 is 26.0 Å². The molecule has 1 heterocycles. The molecule has 0 bridgehead atoms. The minimum absolute atomic E-state index is 0.249. The van der Waals surface area contributed by atoms with Crippen LogP contribution in [-0.4, -0.2) is 77.2 Å². The lowest BCUT2D eigenvalue weighted by atomic mass is 9.72. The maximum Gasteiger partial charge on any atom is 0.405 e. The molecule has 1 aliphatic heterocycles. The number of hydrogen-bond donors (Lipinski definition) is 4. The summed E-state index contributed by atoms with van der Waals surface area (Å²) in [6.07, 6.45) is 2.20. The summed E-state index contributed by atoms with van der Waals surface area (Å²) in [5.74, 6) is -6.47. The van der Waals surface area contributed by atoms with Crippen LogP contribution >= 0.6 is 0 Å². The summed E-state index contributed by atoms with van der Waals surface area (Å²) in [5, 5.41) is 16.2. The molecule has 2 unspecified atom stereocenters. The van der Waals surface area contributed by atoms with Crippen molar-refractivity contribution in [2.24, 2.45) is 10.8 Å². The van der Waals surface area contributed by atoms with Crippen LogP contribution in [0, 0.1) is 10.8 Å². The summed E-state index contributed by atoms with van der Waals surface area (Å²) in [7, 11) is 1.22. The number of nitrogens with one attached hydrogen (secondary N) is 3. The average Bonchev–Trinajstić information content (AvgIpc) is 3.16. The molecule has 0 aromatic heterocycles. The number of carboxylic acid groups (broad SMARTS) is 1. The SMILES string of the molecule is CNC(=O)C(=O)C(CCC(C)(F)F)NC(=O)[C@@H]1CC2(CCCCC2)CN1C(=O)C(NC(=O)O)C(C)(C)C. The third-order valence-corrected chi connectivity index (χ3v) is 7.34. The van der Waals surface area contributed by atoms with E-state index in [1.54, 1.807) is 20.8 Å². The van der Waals surface area contributed by atoms with Crippen LogP contribution in [0.5, 0.6) is 0 Å². The minimum Gasteiger partial charge on any atom is -0.465 e. The highest BCUT2D eigenvalue weighted by Crippen LogP contribution is 2.47. The third kappa shape index (κ3) is 8.10. The van der Waals surface area contributed by atoms with Gasteiger partial charge in [0.05, 0.1) is 6.04 Å². The summed E-state index contributed by atoms with van der Waals surface area (Å²) in [4.78, 5) is 64.6. The first-order chi connectivity index (χ1) is 17.0. The molecule has 2 fully saturated rings. The van der Waals surface area contributed by atoms with Gasteiger partial charge in [-0.3, -0.25) is 19.2 Å². The standard InChI is InChI=1S/C25H40F2N4O6/c1-23(2,3)18(30-22(36)37)21(35)31-14-25(10-7-6-8-11-25)13-16(31)19(33)29-15(9-12-24(4,26)27)17(32)20(34)28-5/h15-16,18,30H,6-14H2,1-5H3,(H,28,34)(H,29,33)(H,36,37)/t15?,16-,18?/m0/s1. The molecule has 210 valence electrons. The number of hydrogen-bond acceptors (Lipinski definition) is 5. The monoisotopic (exact) mass is 530 g/mol. The second-order valence-corrected chi connectivity index (χ2v) is 11.6. The van der Waals surface area contributed by atoms with Crippen LogP contribution < -0.4 is 16.0 Å². The van der Waals surface area contributed by atoms with Crippen molar-refractivity contribution in [3.05, 3.63) is 0 Å². The van der Waals surface area contributed by atoms with Crippen molar-refractivity contribution in [2.75, 3.05) is 13.6 Å². The Morgan fingerprint density at radius 3 is 2.11 bits per heavy atom. The second kappa shape index (κ2) is 11.7. The highest BCUT2D eigenvalue weighted by Gasteiger charge is 2.51. The van der Waals surface area contributed by atoms with Gasteiger partial charge in [0.25, 0.3) is 5.91 Å². The van der Waals surface area contributed by atoms with Gasteiger partial charge in [-0.15, -0.1) is 0 Å². The molecule has 1 saturated carbocycles. The van der Waals surface area contributed by atoms with Gasteiger partial charge in [0.2, 0.25) is 23.5 Å². The molecule has 4 amide bonds. The number of Topliss-reactive ketones (excluding diaryl/α,β-unsaturated/α-hetero) is 1. The first kappa shape index (κ1) is 30.4. The van der Waals surface area contributed by atoms with E-state index >= 15 is 0 Å². The number of ketones is 1. The zero-order valence-electron chi connectivity index (χ0n) is 22.3. The Kier molecular flexibility index (Phi) is 9.64. The van der Waals surface area contributed by atoms with E-state index in [1.807, 2.05) is 0 Å². The van der Waals surface area contributed by atoms with Crippen LogP contribution in [0.3, 0.4) is 0 Å². The largest absolute Gasteiger partial charge is 0.465 e. The van der Waals surface area contributed by atoms with Crippen molar-refractivity contribution in [2.45, 2.75) is 103 Å². The van der Waals surface area contributed by atoms with Crippen molar-refractivity contribution in [3.63, 3.8) is 0 Å². The summed E-state index contributed by atoms with van der Waals surface area (Å²) >= 11 is 0. The van der Waals surface area contributed by atoms with Gasteiger partial charge in [-0.2, -0.15) is 0 Å². The van der Waals surface area contributed by atoms with Gasteiger partial charge in [-0.1, -0.05) is 40.0 Å². The van der Waals surface area contributed by atoms with Gasteiger partial charge in [0, 0.05) is 20.0 Å². The average molecular weight is 531 g/mol. The van der Waals surface area contributed by atoms with E-state index in [0.29, 0.717) is 13.3 Å². The molecule has 37 heavy (non-hydrogen) atoms. The van der Waals surface area contributed by atoms with E-state index in [2.05, 4.69) is 16.0 Å². The molecule has 1 spiro atoms. The second-order valence-electron chi connectivity index (χ2n) is 11.6. The fraction of sp³-hybridized carbons (Fsp3) is 0.800. The predicted octanol–water partition coefficient (Wildman–Crippen LogP) is 2.46. The van der Waals surface area contributed by atoms with Crippen molar-refractivity contribution in [1.82, 2.24) is 20.9 Å². The molecule has 3 atom stereocenters. The summed E-state index contributed by atoms with van der Waals surface area (Å²) < 4.78 is 27.1. The maximum absolute atomic E-state index is 13.7. The Morgan fingerprint density at radius 1 is 1.03 bits per heavy atom. The van der Waals surface area contributed by atoms with E-state index in [1.165, 1.54) is 11.9 Å². The molecule has 4 N–H and O–H groups in total. The normalized spacial score (nSPS) is 21.2. The lowest BCUT2D eigenvalue weighted by molar-refractivity contribution is -0.144. The molecule has 2 aliphatic rings. The number of rotatable bonds is 9. The lowest BCUT2D eigenvalue weighted by Crippen LogP contribution is -2.59. The van der Waals surface area contributed by atoms with E-state index in [-0.39, 0.29) is 12.0 Å². The molecule has 12 heteroatoms. The van der Waals surface area contributed by atoms with E-state index in [4.69, 9.17) is 0 Å². The fourth-order valence-electron chi connectivity index (χ4n) is 5.34. The van der Waals surface area contributed by atoms with Gasteiger partial charge in [-0.05, 0) is 43.4 Å². The predicted molar refractivity (Wildman–Crippen MR) is 131 cm³/mol. The summed E-state index contributed by atoms with van der Waals surface area (Å²) in [6.45, 7) is 6.05. The molecule has 0 aromatic carbocycles. The molecule has 0 aromatic rings. The Balaban J connectivity index is 2.38. The number of likely N-dealkylation sites (N-methyl/N-ethyl adjacent to an activating group) is 1. The van der Waals surface area contributed by atoms with E-state index in [0.717, 1.165) is 32.1 Å². The van der Waals surface area contributed by atoms with Crippen molar-refractivity contribution in [1.29, 1.82) is 0 Å². The molecule has 1 saturated heterocycles. The topological polar surface area (TPSA) is 145 Å².